The first-order valence-electron chi connectivity index (χ1n) is 5.75. The normalized spacial score (nSPS) is 11.9. The molecule has 0 amide bonds. The summed E-state index contributed by atoms with van der Waals surface area (Å²) >= 11 is 1.88. The molecule has 2 rings (SSSR count). The molecule has 90 valence electrons. The molecule has 1 heterocycles. The van der Waals surface area contributed by atoms with Crippen molar-refractivity contribution in [3.63, 3.8) is 0 Å². The molecule has 0 saturated carbocycles. The molecule has 0 atom stereocenters. The number of nitrogens with zero attached hydrogens (tertiary/aromatic N) is 1. The fourth-order valence-electron chi connectivity index (χ4n) is 1.65. The first-order chi connectivity index (χ1) is 8.04. The number of fused-ring (bicyclic) bond motifs is 1. The fraction of sp³-hybridized carbons (Fsp3) is 0.357. The van der Waals surface area contributed by atoms with Crippen molar-refractivity contribution in [2.45, 2.75) is 25.1 Å². The summed E-state index contributed by atoms with van der Waals surface area (Å²) in [6.45, 7) is 4.12. The van der Waals surface area contributed by atoms with Crippen molar-refractivity contribution < 1.29 is 0 Å². The first-order valence-corrected chi connectivity index (χ1v) is 6.90. The highest BCUT2D eigenvalue weighted by Gasteiger charge is 2.10. The van der Waals surface area contributed by atoms with Crippen LogP contribution >= 0.6 is 11.8 Å². The number of pyridine rings is 1. The lowest BCUT2D eigenvalue weighted by Gasteiger charge is -2.17. The maximum atomic E-state index is 5.96. The smallest absolute Gasteiger partial charge is 0.0702 e. The van der Waals surface area contributed by atoms with Gasteiger partial charge >= 0.3 is 0 Å². The van der Waals surface area contributed by atoms with Gasteiger partial charge in [0.05, 0.1) is 5.52 Å². The van der Waals surface area contributed by atoms with Crippen molar-refractivity contribution >= 4 is 22.7 Å². The summed E-state index contributed by atoms with van der Waals surface area (Å²) in [6.07, 6.45) is 1.83. The molecule has 2 nitrogen and oxygen atoms in total. The van der Waals surface area contributed by atoms with E-state index in [0.29, 0.717) is 0 Å². The Morgan fingerprint density at radius 3 is 2.88 bits per heavy atom. The Balaban J connectivity index is 2.04. The van der Waals surface area contributed by atoms with Crippen LogP contribution in [-0.4, -0.2) is 16.3 Å². The zero-order chi connectivity index (χ0) is 12.3. The number of hydrogen-bond donors (Lipinski definition) is 1. The molecule has 3 heteroatoms. The molecule has 1 aromatic carbocycles. The van der Waals surface area contributed by atoms with Gasteiger partial charge < -0.3 is 5.73 Å². The van der Waals surface area contributed by atoms with Crippen LogP contribution in [0.15, 0.2) is 36.5 Å². The zero-order valence-corrected chi connectivity index (χ0v) is 11.1. The van der Waals surface area contributed by atoms with Gasteiger partial charge in [0.15, 0.2) is 0 Å². The van der Waals surface area contributed by atoms with E-state index in [9.17, 15) is 0 Å². The van der Waals surface area contributed by atoms with E-state index in [1.165, 1.54) is 10.9 Å². The molecule has 0 aliphatic carbocycles. The lowest BCUT2D eigenvalue weighted by Crippen LogP contribution is -2.34. The number of thioether (sulfide) groups is 1. The van der Waals surface area contributed by atoms with Crippen LogP contribution in [0.5, 0.6) is 0 Å². The van der Waals surface area contributed by atoms with Gasteiger partial charge in [0.2, 0.25) is 0 Å². The molecule has 17 heavy (non-hydrogen) atoms. The maximum Gasteiger partial charge on any atom is 0.0702 e. The molecule has 2 N–H and O–H groups in total. The largest absolute Gasteiger partial charge is 0.325 e. The SMILES string of the molecule is CC(C)(N)CSCc1ccc2ncccc2c1. The van der Waals surface area contributed by atoms with E-state index in [1.807, 2.05) is 24.0 Å². The summed E-state index contributed by atoms with van der Waals surface area (Å²) in [7, 11) is 0. The predicted octanol–water partition coefficient (Wildman–Crippen LogP) is 3.21. The Hall–Kier alpha value is -1.06. The van der Waals surface area contributed by atoms with E-state index in [4.69, 9.17) is 5.73 Å². The Bertz CT molecular complexity index is 503. The van der Waals surface area contributed by atoms with E-state index in [2.05, 4.69) is 43.1 Å². The van der Waals surface area contributed by atoms with Crippen LogP contribution in [-0.2, 0) is 5.75 Å². The molecular weight excluding hydrogens is 228 g/mol. The van der Waals surface area contributed by atoms with Crippen LogP contribution < -0.4 is 5.73 Å². The molecule has 0 radical (unpaired) electrons. The number of nitrogens with two attached hydrogens (primary N) is 1. The quantitative estimate of drug-likeness (QED) is 0.900. The molecule has 0 aliphatic rings. The summed E-state index contributed by atoms with van der Waals surface area (Å²) in [4.78, 5) is 4.32. The second-order valence-corrected chi connectivity index (χ2v) is 6.00. The lowest BCUT2D eigenvalue weighted by molar-refractivity contribution is 0.591. The van der Waals surface area contributed by atoms with E-state index < -0.39 is 0 Å². The van der Waals surface area contributed by atoms with Gasteiger partial charge in [0.1, 0.15) is 0 Å². The van der Waals surface area contributed by atoms with Gasteiger partial charge in [-0.2, -0.15) is 11.8 Å². The summed E-state index contributed by atoms with van der Waals surface area (Å²) < 4.78 is 0. The number of benzene rings is 1. The second kappa shape index (κ2) is 5.07. The number of hydrogen-bond acceptors (Lipinski definition) is 3. The highest BCUT2D eigenvalue weighted by Crippen LogP contribution is 2.19. The van der Waals surface area contributed by atoms with E-state index in [0.717, 1.165) is 17.0 Å². The van der Waals surface area contributed by atoms with Crippen LogP contribution in [0.1, 0.15) is 19.4 Å². The van der Waals surface area contributed by atoms with E-state index in [-0.39, 0.29) is 5.54 Å². The minimum absolute atomic E-state index is 0.0942. The molecular formula is C14H18N2S. The molecule has 0 fully saturated rings. The van der Waals surface area contributed by atoms with Gasteiger partial charge in [-0.05, 0) is 37.6 Å². The summed E-state index contributed by atoms with van der Waals surface area (Å²) in [5, 5.41) is 1.21. The van der Waals surface area contributed by atoms with E-state index >= 15 is 0 Å². The van der Waals surface area contributed by atoms with Crippen LogP contribution in [0.2, 0.25) is 0 Å². The zero-order valence-electron chi connectivity index (χ0n) is 10.3. The molecule has 0 aliphatic heterocycles. The van der Waals surface area contributed by atoms with Crippen molar-refractivity contribution in [2.75, 3.05) is 5.75 Å². The standard InChI is InChI=1S/C14H18N2S/c1-14(2,15)10-17-9-11-5-6-13-12(8-11)4-3-7-16-13/h3-8H,9-10,15H2,1-2H3. The summed E-state index contributed by atoms with van der Waals surface area (Å²) in [5.74, 6) is 1.98. The summed E-state index contributed by atoms with van der Waals surface area (Å²) in [5.41, 5.74) is 8.25. The third kappa shape index (κ3) is 3.72. The van der Waals surface area contributed by atoms with Gasteiger partial charge in [-0.25, -0.2) is 0 Å². The second-order valence-electron chi connectivity index (χ2n) is 5.01. The average Bonchev–Trinajstić information content (AvgIpc) is 2.27. The molecule has 0 bridgehead atoms. The van der Waals surface area contributed by atoms with Crippen molar-refractivity contribution in [3.8, 4) is 0 Å². The van der Waals surface area contributed by atoms with Gasteiger partial charge in [0.25, 0.3) is 0 Å². The summed E-state index contributed by atoms with van der Waals surface area (Å²) in [6, 6.07) is 10.5. The van der Waals surface area contributed by atoms with Crippen molar-refractivity contribution in [1.82, 2.24) is 4.98 Å². The maximum absolute atomic E-state index is 5.96. The van der Waals surface area contributed by atoms with Crippen LogP contribution in [0.25, 0.3) is 10.9 Å². The van der Waals surface area contributed by atoms with Gasteiger partial charge in [-0.3, -0.25) is 4.98 Å². The molecule has 0 saturated heterocycles. The minimum atomic E-state index is -0.0942. The fourth-order valence-corrected chi connectivity index (χ4v) is 2.69. The third-order valence-corrected chi connectivity index (χ3v) is 3.90. The Kier molecular flexibility index (Phi) is 3.69. The van der Waals surface area contributed by atoms with Crippen molar-refractivity contribution in [2.24, 2.45) is 5.73 Å². The topological polar surface area (TPSA) is 38.9 Å². The Labute approximate surface area is 107 Å². The minimum Gasteiger partial charge on any atom is -0.325 e. The third-order valence-electron chi connectivity index (χ3n) is 2.41. The number of rotatable bonds is 4. The Morgan fingerprint density at radius 1 is 1.29 bits per heavy atom. The average molecular weight is 246 g/mol. The van der Waals surface area contributed by atoms with Gasteiger partial charge in [0, 0.05) is 28.6 Å². The molecule has 2 aromatic rings. The van der Waals surface area contributed by atoms with Crippen LogP contribution in [0.3, 0.4) is 0 Å². The van der Waals surface area contributed by atoms with E-state index in [1.54, 1.807) is 0 Å². The molecule has 1 aromatic heterocycles. The van der Waals surface area contributed by atoms with Crippen molar-refractivity contribution in [3.05, 3.63) is 42.1 Å². The molecule has 0 spiro atoms. The molecule has 0 unspecified atom stereocenters. The van der Waals surface area contributed by atoms with Crippen molar-refractivity contribution in [1.29, 1.82) is 0 Å². The monoisotopic (exact) mass is 246 g/mol. The predicted molar refractivity (Wildman–Crippen MR) is 76.2 cm³/mol. The van der Waals surface area contributed by atoms with Gasteiger partial charge in [-0.15, -0.1) is 0 Å². The van der Waals surface area contributed by atoms with Crippen LogP contribution in [0.4, 0.5) is 0 Å². The first kappa shape index (κ1) is 12.4. The highest BCUT2D eigenvalue weighted by molar-refractivity contribution is 7.98. The number of aromatic nitrogens is 1. The lowest BCUT2D eigenvalue weighted by atomic mass is 10.1. The van der Waals surface area contributed by atoms with Gasteiger partial charge in [-0.1, -0.05) is 12.1 Å². The Morgan fingerprint density at radius 2 is 2.12 bits per heavy atom. The highest BCUT2D eigenvalue weighted by atomic mass is 32.2. The van der Waals surface area contributed by atoms with Crippen LogP contribution in [0, 0.1) is 0 Å².